The summed E-state index contributed by atoms with van der Waals surface area (Å²) in [6.45, 7) is 8.23. The molecule has 0 unspecified atom stereocenters. The fraction of sp³-hybridized carbons (Fsp3) is 0.654. The fourth-order valence-corrected chi connectivity index (χ4v) is 4.01. The number of carbonyl (C=O) groups excluding carboxylic acids is 2. The third-order valence-electron chi connectivity index (χ3n) is 6.23. The molecule has 3 rings (SSSR count). The minimum Gasteiger partial charge on any atom is -0.478 e. The summed E-state index contributed by atoms with van der Waals surface area (Å²) in [6.07, 6.45) is 1.43. The lowest BCUT2D eigenvalue weighted by atomic mass is 10.1. The Morgan fingerprint density at radius 1 is 1.14 bits per heavy atom. The Kier molecular flexibility index (Phi) is 8.99. The molecule has 1 amide bonds. The Morgan fingerprint density at radius 3 is 2.31 bits per heavy atom. The van der Waals surface area contributed by atoms with Crippen LogP contribution in [0.15, 0.2) is 24.3 Å². The molecule has 1 saturated carbocycles. The van der Waals surface area contributed by atoms with Crippen molar-refractivity contribution in [3.8, 4) is 0 Å². The van der Waals surface area contributed by atoms with Gasteiger partial charge in [0, 0.05) is 32.2 Å². The van der Waals surface area contributed by atoms with Crippen LogP contribution in [0.25, 0.3) is 0 Å². The number of likely N-dealkylation sites (N-methyl/N-ethyl adjacent to an activating group) is 1. The Bertz CT molecular complexity index is 871. The Morgan fingerprint density at radius 2 is 1.77 bits per heavy atom. The van der Waals surface area contributed by atoms with Crippen LogP contribution < -0.4 is 4.90 Å². The van der Waals surface area contributed by atoms with Crippen LogP contribution in [0, 0.1) is 5.92 Å². The first kappa shape index (κ1) is 26.8. The van der Waals surface area contributed by atoms with Gasteiger partial charge in [0.05, 0.1) is 13.2 Å². The van der Waals surface area contributed by atoms with Crippen LogP contribution in [0.1, 0.15) is 52.0 Å². The summed E-state index contributed by atoms with van der Waals surface area (Å²) >= 11 is 0. The number of morpholine rings is 1. The Hall–Kier alpha value is -2.81. The highest BCUT2D eigenvalue weighted by molar-refractivity contribution is 5.84. The van der Waals surface area contributed by atoms with Gasteiger partial charge in [-0.05, 0) is 57.2 Å². The van der Waals surface area contributed by atoms with Gasteiger partial charge < -0.3 is 24.2 Å². The molecule has 35 heavy (non-hydrogen) atoms. The van der Waals surface area contributed by atoms with Gasteiger partial charge in [0.2, 0.25) is 6.10 Å². The van der Waals surface area contributed by atoms with Gasteiger partial charge in [0.15, 0.2) is 0 Å². The van der Waals surface area contributed by atoms with Crippen molar-refractivity contribution in [3.63, 3.8) is 0 Å². The summed E-state index contributed by atoms with van der Waals surface area (Å²) in [5.74, 6) is -1.41. The molecule has 2 aliphatic rings. The monoisotopic (exact) mass is 490 g/mol. The van der Waals surface area contributed by atoms with Crippen molar-refractivity contribution in [2.45, 2.75) is 70.6 Å². The molecule has 194 valence electrons. The second-order valence-corrected chi connectivity index (χ2v) is 10.4. The molecular formula is C26H38N2O7. The molecule has 9 nitrogen and oxygen atoms in total. The van der Waals surface area contributed by atoms with Crippen molar-refractivity contribution in [2.24, 2.45) is 5.92 Å². The minimum atomic E-state index is -1.35. The SMILES string of the molecule is CN(C(=O)OC(C)(C)C)[C@@H](CCC1CC1)C(=O)O[C@H](Cc1ccc(N2CCOCC2)cc1)C(=O)O. The summed E-state index contributed by atoms with van der Waals surface area (Å²) in [4.78, 5) is 41.1. The number of benzene rings is 1. The highest BCUT2D eigenvalue weighted by Gasteiger charge is 2.35. The molecule has 2 fully saturated rings. The molecule has 2 atom stereocenters. The molecule has 1 aromatic carbocycles. The number of anilines is 1. The zero-order chi connectivity index (χ0) is 25.6. The molecule has 1 saturated heterocycles. The van der Waals surface area contributed by atoms with Crippen molar-refractivity contribution in [3.05, 3.63) is 29.8 Å². The maximum atomic E-state index is 13.1. The van der Waals surface area contributed by atoms with Crippen LogP contribution in [-0.2, 0) is 30.2 Å². The van der Waals surface area contributed by atoms with E-state index >= 15 is 0 Å². The zero-order valence-corrected chi connectivity index (χ0v) is 21.2. The molecule has 0 spiro atoms. The van der Waals surface area contributed by atoms with Gasteiger partial charge in [-0.2, -0.15) is 0 Å². The second kappa shape index (κ2) is 11.7. The maximum Gasteiger partial charge on any atom is 0.410 e. The van der Waals surface area contributed by atoms with E-state index in [-0.39, 0.29) is 6.42 Å². The van der Waals surface area contributed by atoms with E-state index in [2.05, 4.69) is 4.90 Å². The molecule has 1 aromatic rings. The fourth-order valence-electron chi connectivity index (χ4n) is 4.01. The first-order valence-electron chi connectivity index (χ1n) is 12.3. The van der Waals surface area contributed by atoms with E-state index in [0.717, 1.165) is 43.6 Å². The number of carboxylic acids is 1. The standard InChI is InChI=1S/C26H38N2O7/c1-26(2,3)35-25(32)27(4)21(12-9-18-5-6-18)24(31)34-22(23(29)30)17-19-7-10-20(11-8-19)28-13-15-33-16-14-28/h7-8,10-11,18,21-22H,5-6,9,12-17H2,1-4H3,(H,29,30)/t21-,22+/m0/s1. The van der Waals surface area contributed by atoms with Crippen LogP contribution in [-0.4, -0.2) is 79.1 Å². The lowest BCUT2D eigenvalue weighted by molar-refractivity contribution is -0.167. The quantitative estimate of drug-likeness (QED) is 0.497. The van der Waals surface area contributed by atoms with E-state index in [1.54, 1.807) is 20.8 Å². The normalized spacial score (nSPS) is 17.9. The topological polar surface area (TPSA) is 106 Å². The summed E-state index contributed by atoms with van der Waals surface area (Å²) < 4.78 is 16.3. The number of ether oxygens (including phenoxy) is 3. The van der Waals surface area contributed by atoms with E-state index < -0.39 is 35.8 Å². The number of carbonyl (C=O) groups is 3. The average molecular weight is 491 g/mol. The van der Waals surface area contributed by atoms with E-state index in [9.17, 15) is 19.5 Å². The summed E-state index contributed by atoms with van der Waals surface area (Å²) in [5.41, 5.74) is 1.07. The largest absolute Gasteiger partial charge is 0.478 e. The van der Waals surface area contributed by atoms with Crippen LogP contribution in [0.5, 0.6) is 0 Å². The summed E-state index contributed by atoms with van der Waals surface area (Å²) in [5, 5.41) is 9.75. The van der Waals surface area contributed by atoms with E-state index in [1.165, 1.54) is 11.9 Å². The molecular weight excluding hydrogens is 452 g/mol. The number of nitrogens with zero attached hydrogens (tertiary/aromatic N) is 2. The predicted molar refractivity (Wildman–Crippen MR) is 130 cm³/mol. The molecule has 1 aliphatic heterocycles. The van der Waals surface area contributed by atoms with Crippen LogP contribution >= 0.6 is 0 Å². The second-order valence-electron chi connectivity index (χ2n) is 10.4. The van der Waals surface area contributed by atoms with Crippen molar-refractivity contribution >= 4 is 23.7 Å². The van der Waals surface area contributed by atoms with Gasteiger partial charge >= 0.3 is 18.0 Å². The Balaban J connectivity index is 1.65. The first-order chi connectivity index (χ1) is 16.5. The predicted octanol–water partition coefficient (Wildman–Crippen LogP) is 3.49. The number of esters is 1. The summed E-state index contributed by atoms with van der Waals surface area (Å²) in [7, 11) is 1.49. The molecule has 9 heteroatoms. The van der Waals surface area contributed by atoms with Crippen LogP contribution in [0.3, 0.4) is 0 Å². The minimum absolute atomic E-state index is 0.0377. The van der Waals surface area contributed by atoms with Crippen molar-refractivity contribution in [2.75, 3.05) is 38.3 Å². The third kappa shape index (κ3) is 8.42. The van der Waals surface area contributed by atoms with E-state index in [4.69, 9.17) is 14.2 Å². The van der Waals surface area contributed by atoms with Gasteiger partial charge in [-0.1, -0.05) is 25.0 Å². The molecule has 0 aromatic heterocycles. The van der Waals surface area contributed by atoms with Crippen molar-refractivity contribution in [1.82, 2.24) is 4.90 Å². The number of rotatable bonds is 10. The highest BCUT2D eigenvalue weighted by atomic mass is 16.6. The lowest BCUT2D eigenvalue weighted by Gasteiger charge is -2.30. The molecule has 1 heterocycles. The molecule has 0 bridgehead atoms. The number of amides is 1. The molecule has 0 radical (unpaired) electrons. The highest BCUT2D eigenvalue weighted by Crippen LogP contribution is 2.34. The van der Waals surface area contributed by atoms with Gasteiger partial charge in [0.1, 0.15) is 11.6 Å². The smallest absolute Gasteiger partial charge is 0.410 e. The Labute approximate surface area is 207 Å². The molecule has 1 N–H and O–H groups in total. The van der Waals surface area contributed by atoms with Gasteiger partial charge in [0.25, 0.3) is 0 Å². The lowest BCUT2D eigenvalue weighted by Crippen LogP contribution is -2.47. The van der Waals surface area contributed by atoms with Crippen LogP contribution in [0.2, 0.25) is 0 Å². The number of carboxylic acid groups (broad SMARTS) is 1. The van der Waals surface area contributed by atoms with Crippen LogP contribution in [0.4, 0.5) is 10.5 Å². The zero-order valence-electron chi connectivity index (χ0n) is 21.2. The van der Waals surface area contributed by atoms with Crippen molar-refractivity contribution < 1.29 is 33.7 Å². The number of hydrogen-bond acceptors (Lipinski definition) is 7. The maximum absolute atomic E-state index is 13.1. The third-order valence-corrected chi connectivity index (χ3v) is 6.23. The molecule has 1 aliphatic carbocycles. The van der Waals surface area contributed by atoms with E-state index in [1.807, 2.05) is 24.3 Å². The number of hydrogen-bond donors (Lipinski definition) is 1. The van der Waals surface area contributed by atoms with Crippen molar-refractivity contribution in [1.29, 1.82) is 0 Å². The number of aliphatic carboxylic acids is 1. The van der Waals surface area contributed by atoms with E-state index in [0.29, 0.717) is 25.6 Å². The average Bonchev–Trinajstić information content (AvgIpc) is 3.63. The first-order valence-corrected chi connectivity index (χ1v) is 12.3. The van der Waals surface area contributed by atoms with Gasteiger partial charge in [-0.25, -0.2) is 14.4 Å². The van der Waals surface area contributed by atoms with Gasteiger partial charge in [-0.3, -0.25) is 4.90 Å². The summed E-state index contributed by atoms with van der Waals surface area (Å²) in [6, 6.07) is 6.68. The van der Waals surface area contributed by atoms with Gasteiger partial charge in [-0.15, -0.1) is 0 Å².